The van der Waals surface area contributed by atoms with Crippen LogP contribution in [0.15, 0.2) is 35.7 Å². The fourth-order valence-electron chi connectivity index (χ4n) is 1.79. The van der Waals surface area contributed by atoms with Crippen molar-refractivity contribution < 1.29 is 0 Å². The summed E-state index contributed by atoms with van der Waals surface area (Å²) in [6.45, 7) is 1.96. The number of benzene rings is 1. The first-order chi connectivity index (χ1) is 9.65. The number of rotatable bonds is 2. The van der Waals surface area contributed by atoms with Crippen molar-refractivity contribution in [2.45, 2.75) is 6.92 Å². The van der Waals surface area contributed by atoms with E-state index >= 15 is 0 Å². The van der Waals surface area contributed by atoms with Gasteiger partial charge < -0.3 is 0 Å². The molecule has 2 heterocycles. The van der Waals surface area contributed by atoms with Gasteiger partial charge in [-0.05, 0) is 29.5 Å². The fraction of sp³-hybridized carbons (Fsp3) is 0.0714. The molecule has 0 unspecified atom stereocenters. The lowest BCUT2D eigenvalue weighted by atomic mass is 10.1. The molecule has 2 aromatic heterocycles. The molecule has 0 bridgehead atoms. The van der Waals surface area contributed by atoms with Crippen LogP contribution in [0.3, 0.4) is 0 Å². The van der Waals surface area contributed by atoms with Crippen molar-refractivity contribution in [3.8, 4) is 22.8 Å². The average molecular weight is 414 g/mol. The summed E-state index contributed by atoms with van der Waals surface area (Å²) in [6, 6.07) is 9.96. The van der Waals surface area contributed by atoms with Gasteiger partial charge in [0.15, 0.2) is 5.82 Å². The van der Waals surface area contributed by atoms with Crippen molar-refractivity contribution in [1.29, 1.82) is 0 Å². The topological polar surface area (TPSA) is 38.7 Å². The van der Waals surface area contributed by atoms with Gasteiger partial charge in [-0.3, -0.25) is 0 Å². The molecule has 0 saturated heterocycles. The van der Waals surface area contributed by atoms with Crippen molar-refractivity contribution in [3.05, 3.63) is 49.4 Å². The summed E-state index contributed by atoms with van der Waals surface area (Å²) in [5.41, 5.74) is 2.63. The van der Waals surface area contributed by atoms with Gasteiger partial charge >= 0.3 is 0 Å². The van der Waals surface area contributed by atoms with E-state index in [1.165, 1.54) is 0 Å². The van der Waals surface area contributed by atoms with Gasteiger partial charge in [0.05, 0.1) is 14.3 Å². The minimum Gasteiger partial charge on any atom is -0.238 e. The summed E-state index contributed by atoms with van der Waals surface area (Å²) in [5.74, 6) is 0.568. The molecule has 3 rings (SSSR count). The first-order valence-electron chi connectivity index (χ1n) is 5.86. The molecule has 0 amide bonds. The standard InChI is InChI=1S/C14H9ClIN3S/c1-8-17-10(7-20-8)14-18-12(11(16)13(15)19-14)9-5-3-2-4-6-9/h2-7H,1H3. The molecular weight excluding hydrogens is 405 g/mol. The molecular formula is C14H9ClIN3S. The molecule has 0 aliphatic carbocycles. The van der Waals surface area contributed by atoms with Crippen LogP contribution in [-0.4, -0.2) is 15.0 Å². The van der Waals surface area contributed by atoms with E-state index in [9.17, 15) is 0 Å². The van der Waals surface area contributed by atoms with Crippen LogP contribution in [0, 0.1) is 10.5 Å². The van der Waals surface area contributed by atoms with Crippen molar-refractivity contribution in [3.63, 3.8) is 0 Å². The minimum atomic E-state index is 0.458. The SMILES string of the molecule is Cc1nc(-c2nc(Cl)c(I)c(-c3ccccc3)n2)cs1. The number of aromatic nitrogens is 3. The molecule has 0 radical (unpaired) electrons. The van der Waals surface area contributed by atoms with Gasteiger partial charge in [0, 0.05) is 10.9 Å². The van der Waals surface area contributed by atoms with Gasteiger partial charge in [-0.1, -0.05) is 41.9 Å². The minimum absolute atomic E-state index is 0.458. The van der Waals surface area contributed by atoms with Gasteiger partial charge in [-0.15, -0.1) is 11.3 Å². The second-order valence-corrected chi connectivity index (χ2v) is 6.62. The maximum Gasteiger partial charge on any atom is 0.181 e. The van der Waals surface area contributed by atoms with Crippen LogP contribution < -0.4 is 0 Å². The number of thiazole rings is 1. The third-order valence-electron chi connectivity index (χ3n) is 2.71. The van der Waals surface area contributed by atoms with Gasteiger partial charge in [0.2, 0.25) is 0 Å². The van der Waals surface area contributed by atoms with Gasteiger partial charge in [0.25, 0.3) is 0 Å². The summed E-state index contributed by atoms with van der Waals surface area (Å²) in [7, 11) is 0. The van der Waals surface area contributed by atoms with Crippen LogP contribution in [0.2, 0.25) is 5.15 Å². The summed E-state index contributed by atoms with van der Waals surface area (Å²) in [4.78, 5) is 13.4. The molecule has 100 valence electrons. The van der Waals surface area contributed by atoms with Crippen molar-refractivity contribution >= 4 is 45.5 Å². The van der Waals surface area contributed by atoms with Crippen LogP contribution in [0.25, 0.3) is 22.8 Å². The Balaban J connectivity index is 2.18. The predicted octanol–water partition coefficient (Wildman–Crippen LogP) is 4.83. The summed E-state index contributed by atoms with van der Waals surface area (Å²) >= 11 is 9.99. The van der Waals surface area contributed by atoms with E-state index in [0.29, 0.717) is 11.0 Å². The molecule has 3 nitrogen and oxygen atoms in total. The zero-order valence-corrected chi connectivity index (χ0v) is 14.2. The monoisotopic (exact) mass is 413 g/mol. The Morgan fingerprint density at radius 1 is 1.10 bits per heavy atom. The Kier molecular flexibility index (Phi) is 4.00. The molecule has 6 heteroatoms. The van der Waals surface area contributed by atoms with E-state index in [1.54, 1.807) is 11.3 Å². The lowest BCUT2D eigenvalue weighted by Crippen LogP contribution is -1.97. The van der Waals surface area contributed by atoms with Crippen LogP contribution in [0.4, 0.5) is 0 Å². The van der Waals surface area contributed by atoms with E-state index in [1.807, 2.05) is 42.6 Å². The Bertz CT molecular complexity index is 758. The van der Waals surface area contributed by atoms with Gasteiger partial charge in [0.1, 0.15) is 10.8 Å². The van der Waals surface area contributed by atoms with E-state index in [0.717, 1.165) is 25.5 Å². The van der Waals surface area contributed by atoms with Crippen LogP contribution in [0.1, 0.15) is 5.01 Å². The van der Waals surface area contributed by atoms with Gasteiger partial charge in [-0.25, -0.2) is 15.0 Å². The largest absolute Gasteiger partial charge is 0.238 e. The van der Waals surface area contributed by atoms with Gasteiger partial charge in [-0.2, -0.15) is 0 Å². The molecule has 0 fully saturated rings. The maximum atomic E-state index is 6.24. The zero-order valence-electron chi connectivity index (χ0n) is 10.5. The highest BCUT2D eigenvalue weighted by Crippen LogP contribution is 2.30. The third kappa shape index (κ3) is 2.70. The summed E-state index contributed by atoms with van der Waals surface area (Å²) in [6.07, 6.45) is 0. The Morgan fingerprint density at radius 2 is 1.85 bits per heavy atom. The van der Waals surface area contributed by atoms with Crippen molar-refractivity contribution in [1.82, 2.24) is 15.0 Å². The molecule has 0 aliphatic rings. The zero-order chi connectivity index (χ0) is 14.1. The first-order valence-corrected chi connectivity index (χ1v) is 8.20. The number of hydrogen-bond donors (Lipinski definition) is 0. The molecule has 20 heavy (non-hydrogen) atoms. The highest BCUT2D eigenvalue weighted by atomic mass is 127. The molecule has 0 spiro atoms. The first kappa shape index (κ1) is 13.9. The highest BCUT2D eigenvalue weighted by molar-refractivity contribution is 14.1. The van der Waals surface area contributed by atoms with Crippen molar-refractivity contribution in [2.24, 2.45) is 0 Å². The highest BCUT2D eigenvalue weighted by Gasteiger charge is 2.15. The molecule has 0 atom stereocenters. The quantitative estimate of drug-likeness (QED) is 0.446. The van der Waals surface area contributed by atoms with Crippen LogP contribution in [-0.2, 0) is 0 Å². The smallest absolute Gasteiger partial charge is 0.181 e. The summed E-state index contributed by atoms with van der Waals surface area (Å²) < 4.78 is 0.853. The molecule has 0 aliphatic heterocycles. The van der Waals surface area contributed by atoms with E-state index < -0.39 is 0 Å². The number of nitrogens with zero attached hydrogens (tertiary/aromatic N) is 3. The number of aryl methyl sites for hydroxylation is 1. The molecule has 1 aromatic carbocycles. The Labute approximate surface area is 139 Å². The summed E-state index contributed by atoms with van der Waals surface area (Å²) in [5, 5.41) is 3.39. The maximum absolute atomic E-state index is 6.24. The lowest BCUT2D eigenvalue weighted by molar-refractivity contribution is 1.13. The Morgan fingerprint density at radius 3 is 2.50 bits per heavy atom. The lowest BCUT2D eigenvalue weighted by Gasteiger charge is -2.07. The average Bonchev–Trinajstić information content (AvgIpc) is 2.89. The molecule has 3 aromatic rings. The van der Waals surface area contributed by atoms with E-state index in [-0.39, 0.29) is 0 Å². The van der Waals surface area contributed by atoms with Crippen LogP contribution >= 0.6 is 45.5 Å². The molecule has 0 saturated carbocycles. The Hall–Kier alpha value is -1.05. The third-order valence-corrected chi connectivity index (χ3v) is 5.09. The number of halogens is 2. The second-order valence-electron chi connectivity index (χ2n) is 4.12. The van der Waals surface area contributed by atoms with Crippen LogP contribution in [0.5, 0.6) is 0 Å². The number of hydrogen-bond acceptors (Lipinski definition) is 4. The molecule has 0 N–H and O–H groups in total. The van der Waals surface area contributed by atoms with E-state index in [2.05, 4.69) is 37.5 Å². The second kappa shape index (κ2) is 5.75. The normalized spacial score (nSPS) is 10.8. The predicted molar refractivity (Wildman–Crippen MR) is 91.0 cm³/mol. The van der Waals surface area contributed by atoms with E-state index in [4.69, 9.17) is 11.6 Å². The van der Waals surface area contributed by atoms with Crippen molar-refractivity contribution in [2.75, 3.05) is 0 Å². The fourth-order valence-corrected chi connectivity index (χ4v) is 3.10.